The molecule has 0 aliphatic heterocycles. The van der Waals surface area contributed by atoms with Crippen LogP contribution in [0.15, 0.2) is 30.3 Å². The fourth-order valence-corrected chi connectivity index (χ4v) is 1.53. The van der Waals surface area contributed by atoms with Gasteiger partial charge in [-0.2, -0.15) is 0 Å². The van der Waals surface area contributed by atoms with Crippen LogP contribution < -0.4 is 10.6 Å². The van der Waals surface area contributed by atoms with Gasteiger partial charge in [0.15, 0.2) is 0 Å². The van der Waals surface area contributed by atoms with Crippen LogP contribution in [-0.4, -0.2) is 18.6 Å². The molecule has 0 heterocycles. The van der Waals surface area contributed by atoms with Crippen LogP contribution >= 0.6 is 0 Å². The molecule has 1 unspecified atom stereocenters. The number of urea groups is 1. The predicted molar refractivity (Wildman–Crippen MR) is 66.4 cm³/mol. The lowest BCUT2D eigenvalue weighted by molar-refractivity contribution is 0.238. The monoisotopic (exact) mass is 220 g/mol. The summed E-state index contributed by atoms with van der Waals surface area (Å²) in [6.45, 7) is 4.77. The van der Waals surface area contributed by atoms with Gasteiger partial charge in [-0.1, -0.05) is 37.3 Å². The van der Waals surface area contributed by atoms with Crippen molar-refractivity contribution < 1.29 is 4.79 Å². The van der Waals surface area contributed by atoms with E-state index in [0.29, 0.717) is 0 Å². The highest BCUT2D eigenvalue weighted by molar-refractivity contribution is 5.74. The molecule has 0 saturated carbocycles. The minimum Gasteiger partial charge on any atom is -0.338 e. The van der Waals surface area contributed by atoms with Crippen molar-refractivity contribution in [1.82, 2.24) is 10.6 Å². The molecular formula is C13H20N2O. The zero-order valence-electron chi connectivity index (χ0n) is 9.99. The van der Waals surface area contributed by atoms with Gasteiger partial charge < -0.3 is 10.6 Å². The fourth-order valence-electron chi connectivity index (χ4n) is 1.53. The molecule has 1 atom stereocenters. The molecule has 0 saturated heterocycles. The Morgan fingerprint density at radius 3 is 2.62 bits per heavy atom. The van der Waals surface area contributed by atoms with Gasteiger partial charge in [0, 0.05) is 12.6 Å². The number of amides is 2. The quantitative estimate of drug-likeness (QED) is 0.785. The van der Waals surface area contributed by atoms with Crippen LogP contribution in [0.4, 0.5) is 4.79 Å². The van der Waals surface area contributed by atoms with E-state index in [1.54, 1.807) is 0 Å². The second kappa shape index (κ2) is 6.88. The third-order valence-electron chi connectivity index (χ3n) is 2.30. The van der Waals surface area contributed by atoms with E-state index in [1.165, 1.54) is 5.56 Å². The van der Waals surface area contributed by atoms with Crippen molar-refractivity contribution in [1.29, 1.82) is 0 Å². The molecule has 0 radical (unpaired) electrons. The number of nitrogens with one attached hydrogen (secondary N) is 2. The lowest BCUT2D eigenvalue weighted by Gasteiger charge is -2.14. The molecule has 16 heavy (non-hydrogen) atoms. The van der Waals surface area contributed by atoms with Crippen LogP contribution in [0.2, 0.25) is 0 Å². The molecule has 1 aromatic carbocycles. The summed E-state index contributed by atoms with van der Waals surface area (Å²) in [5.74, 6) is 0. The summed E-state index contributed by atoms with van der Waals surface area (Å²) >= 11 is 0. The lowest BCUT2D eigenvalue weighted by Crippen LogP contribution is -2.41. The average Bonchev–Trinajstić information content (AvgIpc) is 2.27. The Bertz CT molecular complexity index is 311. The summed E-state index contributed by atoms with van der Waals surface area (Å²) in [4.78, 5) is 11.4. The minimum atomic E-state index is -0.0784. The topological polar surface area (TPSA) is 41.1 Å². The molecule has 88 valence electrons. The Kier molecular flexibility index (Phi) is 5.40. The molecule has 0 fully saturated rings. The summed E-state index contributed by atoms with van der Waals surface area (Å²) in [6.07, 6.45) is 1.82. The Balaban J connectivity index is 2.30. The molecule has 0 bridgehead atoms. The molecule has 1 aromatic rings. The summed E-state index contributed by atoms with van der Waals surface area (Å²) < 4.78 is 0. The largest absolute Gasteiger partial charge is 0.338 e. The molecular weight excluding hydrogens is 200 g/mol. The minimum absolute atomic E-state index is 0.0784. The van der Waals surface area contributed by atoms with Crippen LogP contribution in [0.5, 0.6) is 0 Å². The van der Waals surface area contributed by atoms with E-state index < -0.39 is 0 Å². The van der Waals surface area contributed by atoms with E-state index in [9.17, 15) is 4.79 Å². The van der Waals surface area contributed by atoms with Crippen molar-refractivity contribution in [3.05, 3.63) is 35.9 Å². The van der Waals surface area contributed by atoms with Crippen molar-refractivity contribution in [2.24, 2.45) is 0 Å². The van der Waals surface area contributed by atoms with E-state index in [0.717, 1.165) is 19.4 Å². The Morgan fingerprint density at radius 2 is 2.00 bits per heavy atom. The van der Waals surface area contributed by atoms with Gasteiger partial charge in [-0.25, -0.2) is 4.79 Å². The van der Waals surface area contributed by atoms with E-state index in [-0.39, 0.29) is 12.1 Å². The Morgan fingerprint density at radius 1 is 1.31 bits per heavy atom. The molecule has 3 nitrogen and oxygen atoms in total. The number of carbonyl (C=O) groups is 1. The molecule has 0 spiro atoms. The first-order chi connectivity index (χ1) is 7.72. The number of benzene rings is 1. The Hall–Kier alpha value is -1.51. The molecule has 3 heteroatoms. The van der Waals surface area contributed by atoms with Crippen LogP contribution in [0.25, 0.3) is 0 Å². The van der Waals surface area contributed by atoms with Gasteiger partial charge in [0.2, 0.25) is 0 Å². The first-order valence-corrected chi connectivity index (χ1v) is 5.80. The highest BCUT2D eigenvalue weighted by Gasteiger charge is 2.06. The van der Waals surface area contributed by atoms with Gasteiger partial charge in [-0.05, 0) is 25.3 Å². The molecule has 1 rings (SSSR count). The normalized spacial score (nSPS) is 11.9. The summed E-state index contributed by atoms with van der Waals surface area (Å²) in [5.41, 5.74) is 1.24. The lowest BCUT2D eigenvalue weighted by atomic mass is 10.1. The zero-order chi connectivity index (χ0) is 11.8. The zero-order valence-corrected chi connectivity index (χ0v) is 9.99. The molecule has 0 aromatic heterocycles. The average molecular weight is 220 g/mol. The van der Waals surface area contributed by atoms with E-state index in [1.807, 2.05) is 32.0 Å². The number of rotatable bonds is 5. The smallest absolute Gasteiger partial charge is 0.315 e. The number of hydrogen-bond acceptors (Lipinski definition) is 1. The van der Waals surface area contributed by atoms with Crippen LogP contribution in [-0.2, 0) is 6.42 Å². The van der Waals surface area contributed by atoms with Gasteiger partial charge in [0.1, 0.15) is 0 Å². The maximum Gasteiger partial charge on any atom is 0.315 e. The van der Waals surface area contributed by atoms with Gasteiger partial charge in [-0.15, -0.1) is 0 Å². The highest BCUT2D eigenvalue weighted by Crippen LogP contribution is 2.02. The summed E-state index contributed by atoms with van der Waals surface area (Å²) in [6, 6.07) is 10.2. The van der Waals surface area contributed by atoms with Crippen molar-refractivity contribution in [2.45, 2.75) is 32.7 Å². The van der Waals surface area contributed by atoms with Crippen LogP contribution in [0.3, 0.4) is 0 Å². The molecule has 0 aliphatic rings. The number of carbonyl (C=O) groups excluding carboxylic acids is 1. The first kappa shape index (κ1) is 12.6. The standard InChI is InChI=1S/C13H20N2O/c1-3-9-14-13(16)15-11(2)10-12-7-5-4-6-8-12/h4-8,11H,3,9-10H2,1-2H3,(H2,14,15,16). The van der Waals surface area contributed by atoms with Crippen LogP contribution in [0, 0.1) is 0 Å². The van der Waals surface area contributed by atoms with Gasteiger partial charge in [0.05, 0.1) is 0 Å². The second-order valence-corrected chi connectivity index (χ2v) is 3.99. The summed E-state index contributed by atoms with van der Waals surface area (Å²) in [7, 11) is 0. The van der Waals surface area contributed by atoms with Crippen LogP contribution in [0.1, 0.15) is 25.8 Å². The van der Waals surface area contributed by atoms with Crippen molar-refractivity contribution in [3.63, 3.8) is 0 Å². The molecule has 0 aliphatic carbocycles. The van der Waals surface area contributed by atoms with Gasteiger partial charge in [0.25, 0.3) is 0 Å². The van der Waals surface area contributed by atoms with Gasteiger partial charge in [-0.3, -0.25) is 0 Å². The fraction of sp³-hybridized carbons (Fsp3) is 0.462. The maximum absolute atomic E-state index is 11.4. The van der Waals surface area contributed by atoms with Crippen molar-refractivity contribution >= 4 is 6.03 Å². The van der Waals surface area contributed by atoms with Crippen molar-refractivity contribution in [2.75, 3.05) is 6.54 Å². The van der Waals surface area contributed by atoms with Crippen molar-refractivity contribution in [3.8, 4) is 0 Å². The third-order valence-corrected chi connectivity index (χ3v) is 2.30. The van der Waals surface area contributed by atoms with Gasteiger partial charge >= 0.3 is 6.03 Å². The summed E-state index contributed by atoms with van der Waals surface area (Å²) in [5, 5.41) is 5.71. The van der Waals surface area contributed by atoms with E-state index >= 15 is 0 Å². The molecule has 2 amide bonds. The highest BCUT2D eigenvalue weighted by atomic mass is 16.2. The third kappa shape index (κ3) is 4.82. The SMILES string of the molecule is CCCNC(=O)NC(C)Cc1ccccc1. The van der Waals surface area contributed by atoms with E-state index in [2.05, 4.69) is 22.8 Å². The maximum atomic E-state index is 11.4. The molecule has 2 N–H and O–H groups in total. The van der Waals surface area contributed by atoms with E-state index in [4.69, 9.17) is 0 Å². The first-order valence-electron chi connectivity index (χ1n) is 5.80. The second-order valence-electron chi connectivity index (χ2n) is 3.99. The number of hydrogen-bond donors (Lipinski definition) is 2. The Labute approximate surface area is 97.2 Å². The predicted octanol–water partition coefficient (Wildman–Crippen LogP) is 2.33.